The first-order valence-corrected chi connectivity index (χ1v) is 7.74. The smallest absolute Gasteiger partial charge is 0.123 e. The second kappa shape index (κ2) is 6.58. The zero-order chi connectivity index (χ0) is 13.0. The fourth-order valence-electron chi connectivity index (χ4n) is 2.53. The van der Waals surface area contributed by atoms with E-state index in [2.05, 4.69) is 0 Å². The largest absolute Gasteiger partial charge is 0.328 e. The van der Waals surface area contributed by atoms with Gasteiger partial charge in [-0.2, -0.15) is 0 Å². The minimum atomic E-state index is -0.154. The zero-order valence-electron chi connectivity index (χ0n) is 11.0. The normalized spacial score (nSPS) is 18.8. The van der Waals surface area contributed by atoms with Gasteiger partial charge in [-0.3, -0.25) is 0 Å². The average molecular weight is 267 g/mol. The molecule has 1 aliphatic carbocycles. The predicted octanol–water partition coefficient (Wildman–Crippen LogP) is 4.14. The molecule has 2 rings (SSSR count). The molecule has 1 fully saturated rings. The van der Waals surface area contributed by atoms with E-state index in [0.717, 1.165) is 12.0 Å². The van der Waals surface area contributed by atoms with Crippen LogP contribution in [0.5, 0.6) is 0 Å². The SMILES string of the molecule is CC(N)Cc1cc(F)ccc1SC1CCCCC1. The first-order valence-electron chi connectivity index (χ1n) is 6.86. The molecule has 18 heavy (non-hydrogen) atoms. The first-order chi connectivity index (χ1) is 8.65. The fourth-order valence-corrected chi connectivity index (χ4v) is 3.90. The van der Waals surface area contributed by atoms with E-state index in [0.29, 0.717) is 5.25 Å². The topological polar surface area (TPSA) is 26.0 Å². The molecule has 1 aromatic carbocycles. The number of halogens is 1. The van der Waals surface area contributed by atoms with Crippen molar-refractivity contribution in [3.05, 3.63) is 29.6 Å². The van der Waals surface area contributed by atoms with Gasteiger partial charge in [0.2, 0.25) is 0 Å². The summed E-state index contributed by atoms with van der Waals surface area (Å²) in [5.74, 6) is -0.154. The standard InChI is InChI=1S/C15H22FNS/c1-11(17)9-12-10-13(16)7-8-15(12)18-14-5-3-2-4-6-14/h7-8,10-11,14H,2-6,9,17H2,1H3. The molecule has 0 saturated heterocycles. The summed E-state index contributed by atoms with van der Waals surface area (Å²) in [6.07, 6.45) is 7.38. The number of benzene rings is 1. The van der Waals surface area contributed by atoms with E-state index in [4.69, 9.17) is 5.73 Å². The third-order valence-electron chi connectivity index (χ3n) is 3.41. The monoisotopic (exact) mass is 267 g/mol. The second-order valence-electron chi connectivity index (χ2n) is 5.31. The maximum Gasteiger partial charge on any atom is 0.123 e. The number of rotatable bonds is 4. The van der Waals surface area contributed by atoms with Crippen LogP contribution in [-0.2, 0) is 6.42 Å². The van der Waals surface area contributed by atoms with Crippen molar-refractivity contribution in [2.24, 2.45) is 5.73 Å². The molecule has 1 unspecified atom stereocenters. The average Bonchev–Trinajstić information content (AvgIpc) is 2.33. The number of hydrogen-bond donors (Lipinski definition) is 1. The molecule has 1 saturated carbocycles. The number of thioether (sulfide) groups is 1. The van der Waals surface area contributed by atoms with Gasteiger partial charge in [-0.15, -0.1) is 11.8 Å². The van der Waals surface area contributed by atoms with E-state index in [1.54, 1.807) is 12.1 Å². The molecule has 0 amide bonds. The summed E-state index contributed by atoms with van der Waals surface area (Å²) >= 11 is 1.92. The lowest BCUT2D eigenvalue weighted by Gasteiger charge is -2.22. The fraction of sp³-hybridized carbons (Fsp3) is 0.600. The molecular weight excluding hydrogens is 245 g/mol. The number of nitrogens with two attached hydrogens (primary N) is 1. The van der Waals surface area contributed by atoms with Crippen LogP contribution < -0.4 is 5.73 Å². The van der Waals surface area contributed by atoms with Crippen LogP contribution in [0.15, 0.2) is 23.1 Å². The molecule has 1 aliphatic rings. The predicted molar refractivity (Wildman–Crippen MR) is 76.5 cm³/mol. The van der Waals surface area contributed by atoms with Gasteiger partial charge >= 0.3 is 0 Å². The Morgan fingerprint density at radius 3 is 2.72 bits per heavy atom. The minimum Gasteiger partial charge on any atom is -0.328 e. The summed E-state index contributed by atoms with van der Waals surface area (Å²) in [6.45, 7) is 1.97. The van der Waals surface area contributed by atoms with Crippen molar-refractivity contribution in [2.45, 2.75) is 61.6 Å². The van der Waals surface area contributed by atoms with Crippen LogP contribution in [0.25, 0.3) is 0 Å². The van der Waals surface area contributed by atoms with Gasteiger partial charge in [0.1, 0.15) is 5.82 Å². The van der Waals surface area contributed by atoms with Crippen molar-refractivity contribution in [1.29, 1.82) is 0 Å². The lowest BCUT2D eigenvalue weighted by Crippen LogP contribution is -2.18. The zero-order valence-corrected chi connectivity index (χ0v) is 11.8. The van der Waals surface area contributed by atoms with Crippen LogP contribution in [-0.4, -0.2) is 11.3 Å². The molecule has 0 spiro atoms. The van der Waals surface area contributed by atoms with Crippen LogP contribution in [0, 0.1) is 5.82 Å². The summed E-state index contributed by atoms with van der Waals surface area (Å²) in [5, 5.41) is 0.705. The lowest BCUT2D eigenvalue weighted by molar-refractivity contribution is 0.516. The van der Waals surface area contributed by atoms with E-state index in [9.17, 15) is 4.39 Å². The molecule has 0 heterocycles. The van der Waals surface area contributed by atoms with Crippen molar-refractivity contribution in [1.82, 2.24) is 0 Å². The molecule has 0 aliphatic heterocycles. The Morgan fingerprint density at radius 2 is 2.06 bits per heavy atom. The highest BCUT2D eigenvalue weighted by atomic mass is 32.2. The second-order valence-corrected chi connectivity index (χ2v) is 6.65. The minimum absolute atomic E-state index is 0.0810. The van der Waals surface area contributed by atoms with Gasteiger partial charge < -0.3 is 5.73 Å². The molecule has 0 bridgehead atoms. The van der Waals surface area contributed by atoms with Crippen molar-refractivity contribution in [3.8, 4) is 0 Å². The van der Waals surface area contributed by atoms with E-state index >= 15 is 0 Å². The highest BCUT2D eigenvalue weighted by Gasteiger charge is 2.17. The molecule has 1 aromatic rings. The molecule has 1 atom stereocenters. The lowest BCUT2D eigenvalue weighted by atomic mass is 10.0. The molecule has 1 nitrogen and oxygen atoms in total. The van der Waals surface area contributed by atoms with Crippen LogP contribution >= 0.6 is 11.8 Å². The molecule has 3 heteroatoms. The quantitative estimate of drug-likeness (QED) is 0.887. The third-order valence-corrected chi connectivity index (χ3v) is 4.87. The Bertz CT molecular complexity index is 386. The molecule has 100 valence electrons. The summed E-state index contributed by atoms with van der Waals surface area (Å²) in [7, 11) is 0. The van der Waals surface area contributed by atoms with Crippen LogP contribution in [0.1, 0.15) is 44.6 Å². The van der Waals surface area contributed by atoms with Crippen molar-refractivity contribution in [2.75, 3.05) is 0 Å². The van der Waals surface area contributed by atoms with Gasteiger partial charge in [0, 0.05) is 16.2 Å². The van der Waals surface area contributed by atoms with Crippen molar-refractivity contribution < 1.29 is 4.39 Å². The van der Waals surface area contributed by atoms with E-state index in [-0.39, 0.29) is 11.9 Å². The maximum absolute atomic E-state index is 13.3. The van der Waals surface area contributed by atoms with Crippen molar-refractivity contribution >= 4 is 11.8 Å². The maximum atomic E-state index is 13.3. The summed E-state index contributed by atoms with van der Waals surface area (Å²) in [6, 6.07) is 5.22. The van der Waals surface area contributed by atoms with Gasteiger partial charge in [0.15, 0.2) is 0 Å². The molecule has 2 N–H and O–H groups in total. The Morgan fingerprint density at radius 1 is 1.33 bits per heavy atom. The van der Waals surface area contributed by atoms with Gasteiger partial charge in [-0.05, 0) is 49.9 Å². The summed E-state index contributed by atoms with van der Waals surface area (Å²) in [5.41, 5.74) is 6.91. The van der Waals surface area contributed by atoms with E-state index < -0.39 is 0 Å². The Hall–Kier alpha value is -0.540. The first kappa shape index (κ1) is 13.9. The van der Waals surface area contributed by atoms with E-state index in [1.165, 1.54) is 37.0 Å². The van der Waals surface area contributed by atoms with E-state index in [1.807, 2.05) is 24.8 Å². The highest BCUT2D eigenvalue weighted by Crippen LogP contribution is 2.35. The van der Waals surface area contributed by atoms with Gasteiger partial charge in [-0.25, -0.2) is 4.39 Å². The van der Waals surface area contributed by atoms with Gasteiger partial charge in [0.25, 0.3) is 0 Å². The highest BCUT2D eigenvalue weighted by molar-refractivity contribution is 8.00. The summed E-state index contributed by atoms with van der Waals surface area (Å²) in [4.78, 5) is 1.22. The Balaban J connectivity index is 2.09. The van der Waals surface area contributed by atoms with Crippen LogP contribution in [0.3, 0.4) is 0 Å². The molecular formula is C15H22FNS. The van der Waals surface area contributed by atoms with Crippen LogP contribution in [0.2, 0.25) is 0 Å². The number of hydrogen-bond acceptors (Lipinski definition) is 2. The van der Waals surface area contributed by atoms with Crippen molar-refractivity contribution in [3.63, 3.8) is 0 Å². The Kier molecular flexibility index (Phi) is 5.07. The third kappa shape index (κ3) is 3.99. The molecule has 0 radical (unpaired) electrons. The molecule has 0 aromatic heterocycles. The van der Waals surface area contributed by atoms with Gasteiger partial charge in [0.05, 0.1) is 0 Å². The Labute approximate surface area is 113 Å². The van der Waals surface area contributed by atoms with Crippen LogP contribution in [0.4, 0.5) is 4.39 Å². The summed E-state index contributed by atoms with van der Waals surface area (Å²) < 4.78 is 13.3. The van der Waals surface area contributed by atoms with Gasteiger partial charge in [-0.1, -0.05) is 19.3 Å².